The summed E-state index contributed by atoms with van der Waals surface area (Å²) in [5, 5.41) is 14.6. The quantitative estimate of drug-likeness (QED) is 0.250. The number of hydrogen-bond acceptors (Lipinski definition) is 8. The maximum atomic E-state index is 12.1. The van der Waals surface area contributed by atoms with Crippen LogP contribution in [0.1, 0.15) is 36.7 Å². The van der Waals surface area contributed by atoms with E-state index in [1.807, 2.05) is 0 Å². The Balaban J connectivity index is 2.05. The normalized spacial score (nSPS) is 11.1. The summed E-state index contributed by atoms with van der Waals surface area (Å²) in [6.07, 6.45) is 0.473. The van der Waals surface area contributed by atoms with Crippen LogP contribution in [0, 0.1) is 10.1 Å². The van der Waals surface area contributed by atoms with Crippen molar-refractivity contribution >= 4 is 24.0 Å². The van der Waals surface area contributed by atoms with Gasteiger partial charge in [-0.25, -0.2) is 10.2 Å². The zero-order valence-electron chi connectivity index (χ0n) is 16.9. The third kappa shape index (κ3) is 6.59. The van der Waals surface area contributed by atoms with E-state index in [1.165, 1.54) is 37.6 Å². The highest BCUT2D eigenvalue weighted by Crippen LogP contribution is 2.28. The fraction of sp³-hybridized carbons (Fsp3) is 0.250. The molecule has 0 aliphatic rings. The molecule has 0 atom stereocenters. The number of benzene rings is 2. The highest BCUT2D eigenvalue weighted by Gasteiger charge is 2.19. The lowest BCUT2D eigenvalue weighted by Gasteiger charge is -2.19. The zero-order chi connectivity index (χ0) is 22.3. The Kier molecular flexibility index (Phi) is 7.08. The van der Waals surface area contributed by atoms with Gasteiger partial charge in [-0.3, -0.25) is 14.9 Å². The molecule has 1 amide bonds. The molecule has 2 aromatic rings. The van der Waals surface area contributed by atoms with Crippen molar-refractivity contribution in [2.75, 3.05) is 7.11 Å². The highest BCUT2D eigenvalue weighted by molar-refractivity contribution is 5.95. The van der Waals surface area contributed by atoms with Crippen molar-refractivity contribution in [1.29, 1.82) is 0 Å². The Labute approximate surface area is 172 Å². The Hall–Kier alpha value is -3.95. The van der Waals surface area contributed by atoms with Crippen LogP contribution in [0.3, 0.4) is 0 Å². The molecule has 0 aliphatic carbocycles. The molecule has 0 unspecified atom stereocenters. The van der Waals surface area contributed by atoms with Gasteiger partial charge in [-0.05, 0) is 50.6 Å². The number of carbonyl (C=O) groups is 2. The molecule has 0 radical (unpaired) electrons. The van der Waals surface area contributed by atoms with Crippen molar-refractivity contribution in [1.82, 2.24) is 5.43 Å². The minimum atomic E-state index is -0.869. The number of ether oxygens (including phenoxy) is 3. The Bertz CT molecular complexity index is 981. The lowest BCUT2D eigenvalue weighted by Crippen LogP contribution is -2.26. The van der Waals surface area contributed by atoms with E-state index in [-0.39, 0.29) is 22.7 Å². The third-order valence-electron chi connectivity index (χ3n) is 3.47. The second-order valence-electron chi connectivity index (χ2n) is 6.98. The summed E-state index contributed by atoms with van der Waals surface area (Å²) in [6, 6.07) is 9.90. The number of nitro groups is 1. The van der Waals surface area contributed by atoms with Crippen LogP contribution in [0.2, 0.25) is 0 Å². The molecule has 0 saturated carbocycles. The number of hydrogen-bond donors (Lipinski definition) is 1. The largest absolute Gasteiger partial charge is 0.514 e. The van der Waals surface area contributed by atoms with Gasteiger partial charge in [0, 0.05) is 17.7 Å². The average molecular weight is 415 g/mol. The lowest BCUT2D eigenvalue weighted by atomic mass is 10.2. The molecule has 1 N–H and O–H groups in total. The molecule has 2 rings (SSSR count). The van der Waals surface area contributed by atoms with Gasteiger partial charge in [0.15, 0.2) is 11.5 Å². The van der Waals surface area contributed by atoms with Gasteiger partial charge in [0.05, 0.1) is 18.2 Å². The van der Waals surface area contributed by atoms with Gasteiger partial charge < -0.3 is 14.2 Å². The van der Waals surface area contributed by atoms with E-state index in [9.17, 15) is 19.7 Å². The average Bonchev–Trinajstić information content (AvgIpc) is 2.67. The molecule has 30 heavy (non-hydrogen) atoms. The van der Waals surface area contributed by atoms with Crippen LogP contribution >= 0.6 is 0 Å². The number of methoxy groups -OCH3 is 1. The van der Waals surface area contributed by atoms with E-state index in [2.05, 4.69) is 10.5 Å². The topological polar surface area (TPSA) is 129 Å². The fourth-order valence-corrected chi connectivity index (χ4v) is 2.20. The summed E-state index contributed by atoms with van der Waals surface area (Å²) in [5.74, 6) is -0.189. The standard InChI is InChI=1S/C20H21N3O7/c1-20(2,3)30-19(25)29-16-9-8-13(10-17(16)28-4)12-21-22-18(24)14-6-5-7-15(11-14)23(26)27/h5-12H,1-4H3,(H,22,24). The van der Waals surface area contributed by atoms with Crippen molar-refractivity contribution in [2.45, 2.75) is 26.4 Å². The summed E-state index contributed by atoms with van der Waals surface area (Å²) in [7, 11) is 1.41. The van der Waals surface area contributed by atoms with Gasteiger partial charge in [0.25, 0.3) is 11.6 Å². The summed E-state index contributed by atoms with van der Waals surface area (Å²) in [5.41, 5.74) is 2.03. The van der Waals surface area contributed by atoms with E-state index in [1.54, 1.807) is 32.9 Å². The molecule has 0 saturated heterocycles. The SMILES string of the molecule is COc1cc(C=NNC(=O)c2cccc([N+](=O)[O-])c2)ccc1OC(=O)OC(C)(C)C. The molecule has 0 aromatic heterocycles. The van der Waals surface area contributed by atoms with Gasteiger partial charge in [-0.2, -0.15) is 5.10 Å². The molecule has 158 valence electrons. The first-order chi connectivity index (χ1) is 14.1. The molecule has 0 aliphatic heterocycles. The van der Waals surface area contributed by atoms with Crippen molar-refractivity contribution in [3.63, 3.8) is 0 Å². The minimum absolute atomic E-state index is 0.0973. The van der Waals surface area contributed by atoms with Crippen LogP contribution in [0.5, 0.6) is 11.5 Å². The first kappa shape index (κ1) is 22.3. The van der Waals surface area contributed by atoms with E-state index >= 15 is 0 Å². The van der Waals surface area contributed by atoms with Crippen molar-refractivity contribution in [3.8, 4) is 11.5 Å². The van der Waals surface area contributed by atoms with Gasteiger partial charge in [0.2, 0.25) is 0 Å². The maximum absolute atomic E-state index is 12.1. The molecule has 0 bridgehead atoms. The highest BCUT2D eigenvalue weighted by atomic mass is 16.7. The maximum Gasteiger partial charge on any atom is 0.514 e. The van der Waals surface area contributed by atoms with Crippen molar-refractivity contribution in [3.05, 3.63) is 63.7 Å². The molecule has 0 spiro atoms. The molecule has 10 nitrogen and oxygen atoms in total. The Morgan fingerprint density at radius 3 is 2.50 bits per heavy atom. The second kappa shape index (κ2) is 9.50. The first-order valence-electron chi connectivity index (χ1n) is 8.76. The molecule has 0 fully saturated rings. The van der Waals surface area contributed by atoms with E-state index in [4.69, 9.17) is 14.2 Å². The number of nitro benzene ring substituents is 1. The van der Waals surface area contributed by atoms with Gasteiger partial charge >= 0.3 is 6.16 Å². The fourth-order valence-electron chi connectivity index (χ4n) is 2.20. The summed E-state index contributed by atoms with van der Waals surface area (Å²) < 4.78 is 15.4. The van der Waals surface area contributed by atoms with Gasteiger partial charge in [0.1, 0.15) is 5.60 Å². The number of nitrogens with zero attached hydrogens (tertiary/aromatic N) is 2. The monoisotopic (exact) mass is 415 g/mol. The number of amides is 1. The number of non-ortho nitro benzene ring substituents is 1. The van der Waals surface area contributed by atoms with Crippen molar-refractivity contribution in [2.24, 2.45) is 5.10 Å². The van der Waals surface area contributed by atoms with Crippen LogP contribution in [-0.2, 0) is 4.74 Å². The van der Waals surface area contributed by atoms with E-state index in [0.29, 0.717) is 5.56 Å². The third-order valence-corrected chi connectivity index (χ3v) is 3.47. The van der Waals surface area contributed by atoms with Crippen LogP contribution in [0.25, 0.3) is 0 Å². The Morgan fingerprint density at radius 2 is 1.87 bits per heavy atom. The van der Waals surface area contributed by atoms with Crippen LogP contribution < -0.4 is 14.9 Å². The van der Waals surface area contributed by atoms with Crippen LogP contribution in [0.15, 0.2) is 47.6 Å². The summed E-state index contributed by atoms with van der Waals surface area (Å²) in [6.45, 7) is 5.15. The number of rotatable bonds is 6. The molecule has 10 heteroatoms. The predicted molar refractivity (Wildman–Crippen MR) is 108 cm³/mol. The molecule has 2 aromatic carbocycles. The molecular formula is C20H21N3O7. The minimum Gasteiger partial charge on any atom is -0.493 e. The van der Waals surface area contributed by atoms with Gasteiger partial charge in [-0.15, -0.1) is 0 Å². The van der Waals surface area contributed by atoms with Gasteiger partial charge in [-0.1, -0.05) is 6.07 Å². The van der Waals surface area contributed by atoms with Crippen LogP contribution in [-0.4, -0.2) is 35.9 Å². The zero-order valence-corrected chi connectivity index (χ0v) is 16.9. The van der Waals surface area contributed by atoms with Crippen LogP contribution in [0.4, 0.5) is 10.5 Å². The number of hydrazone groups is 1. The lowest BCUT2D eigenvalue weighted by molar-refractivity contribution is -0.384. The predicted octanol–water partition coefficient (Wildman–Crippen LogP) is 3.68. The molecular weight excluding hydrogens is 394 g/mol. The van der Waals surface area contributed by atoms with E-state index in [0.717, 1.165) is 6.07 Å². The van der Waals surface area contributed by atoms with Crippen molar-refractivity contribution < 1.29 is 28.7 Å². The first-order valence-corrected chi connectivity index (χ1v) is 8.76. The Morgan fingerprint density at radius 1 is 1.13 bits per heavy atom. The summed E-state index contributed by atoms with van der Waals surface area (Å²) >= 11 is 0. The van der Waals surface area contributed by atoms with E-state index < -0.39 is 22.6 Å². The number of nitrogens with one attached hydrogen (secondary N) is 1. The molecule has 0 heterocycles. The second-order valence-corrected chi connectivity index (χ2v) is 6.98. The number of carbonyl (C=O) groups excluding carboxylic acids is 2. The summed E-state index contributed by atoms with van der Waals surface area (Å²) in [4.78, 5) is 34.1. The smallest absolute Gasteiger partial charge is 0.493 e.